The van der Waals surface area contributed by atoms with Crippen molar-refractivity contribution in [2.24, 2.45) is 0 Å². The zero-order valence-electron chi connectivity index (χ0n) is 20.9. The van der Waals surface area contributed by atoms with Gasteiger partial charge < -0.3 is 24.4 Å². The van der Waals surface area contributed by atoms with E-state index in [1.54, 1.807) is 39.9 Å². The molecule has 2 rings (SSSR count). The molecule has 0 saturated heterocycles. The Kier molecular flexibility index (Phi) is 10.2. The maximum atomic E-state index is 13.7. The van der Waals surface area contributed by atoms with Gasteiger partial charge in [0.15, 0.2) is 0 Å². The van der Waals surface area contributed by atoms with E-state index in [1.165, 1.54) is 0 Å². The van der Waals surface area contributed by atoms with Crippen molar-refractivity contribution in [1.29, 1.82) is 0 Å². The molecule has 1 N–H and O–H groups in total. The summed E-state index contributed by atoms with van der Waals surface area (Å²) in [4.78, 5) is 28.0. The van der Waals surface area contributed by atoms with Crippen LogP contribution in [0.4, 0.5) is 4.79 Å². The Hall–Kier alpha value is -3.22. The number of ether oxygens (including phenoxy) is 3. The summed E-state index contributed by atoms with van der Waals surface area (Å²) in [5.41, 5.74) is 1.18. The smallest absolute Gasteiger partial charge is 0.408 e. The number of benzene rings is 2. The van der Waals surface area contributed by atoms with Crippen LogP contribution < -0.4 is 14.8 Å². The van der Waals surface area contributed by atoms with Crippen LogP contribution in [0.5, 0.6) is 11.5 Å². The van der Waals surface area contributed by atoms with Crippen LogP contribution in [0.1, 0.15) is 51.2 Å². The minimum Gasteiger partial charge on any atom is -0.497 e. The van der Waals surface area contributed by atoms with Crippen molar-refractivity contribution in [2.75, 3.05) is 14.2 Å². The minimum atomic E-state index is -0.729. The zero-order valence-corrected chi connectivity index (χ0v) is 20.9. The number of rotatable bonds is 11. The molecule has 2 aromatic carbocycles. The van der Waals surface area contributed by atoms with Gasteiger partial charge in [0.1, 0.15) is 23.1 Å². The lowest BCUT2D eigenvalue weighted by atomic mass is 10.1. The third-order valence-electron chi connectivity index (χ3n) is 5.06. The van der Waals surface area contributed by atoms with Crippen molar-refractivity contribution in [3.63, 3.8) is 0 Å². The lowest BCUT2D eigenvalue weighted by Crippen LogP contribution is -2.49. The Morgan fingerprint density at radius 2 is 1.50 bits per heavy atom. The van der Waals surface area contributed by atoms with Gasteiger partial charge >= 0.3 is 6.09 Å². The van der Waals surface area contributed by atoms with Gasteiger partial charge in [0.2, 0.25) is 5.91 Å². The molecule has 0 heterocycles. The van der Waals surface area contributed by atoms with E-state index in [-0.39, 0.29) is 5.91 Å². The average molecular weight is 470 g/mol. The van der Waals surface area contributed by atoms with Crippen LogP contribution in [-0.2, 0) is 22.6 Å². The van der Waals surface area contributed by atoms with Crippen molar-refractivity contribution in [3.8, 4) is 11.5 Å². The molecule has 0 aliphatic carbocycles. The molecule has 0 aromatic heterocycles. The lowest BCUT2D eigenvalue weighted by molar-refractivity contribution is -0.135. The molecule has 7 nitrogen and oxygen atoms in total. The highest BCUT2D eigenvalue weighted by Crippen LogP contribution is 2.20. The van der Waals surface area contributed by atoms with Gasteiger partial charge in [0, 0.05) is 13.1 Å². The number of nitrogens with one attached hydrogen (secondary N) is 1. The highest BCUT2D eigenvalue weighted by Gasteiger charge is 2.28. The normalized spacial score (nSPS) is 11.9. The number of amides is 2. The fourth-order valence-electron chi connectivity index (χ4n) is 3.47. The Morgan fingerprint density at radius 1 is 0.971 bits per heavy atom. The van der Waals surface area contributed by atoms with Crippen LogP contribution in [0.15, 0.2) is 48.5 Å². The predicted octanol–water partition coefficient (Wildman–Crippen LogP) is 5.13. The number of hydrogen-bond donors (Lipinski definition) is 1. The number of nitrogens with zero attached hydrogens (tertiary/aromatic N) is 1. The lowest BCUT2D eigenvalue weighted by Gasteiger charge is -2.29. The average Bonchev–Trinajstić information content (AvgIpc) is 2.80. The molecule has 1 radical (unpaired) electrons. The van der Waals surface area contributed by atoms with Crippen LogP contribution in [0.3, 0.4) is 0 Å². The van der Waals surface area contributed by atoms with E-state index in [0.717, 1.165) is 11.1 Å². The van der Waals surface area contributed by atoms with Crippen LogP contribution in [0.2, 0.25) is 0 Å². The van der Waals surface area contributed by atoms with Gasteiger partial charge in [-0.2, -0.15) is 0 Å². The van der Waals surface area contributed by atoms with E-state index >= 15 is 0 Å². The van der Waals surface area contributed by atoms with Crippen molar-refractivity contribution < 1.29 is 23.8 Å². The summed E-state index contributed by atoms with van der Waals surface area (Å²) in [6.07, 6.45) is 1.20. The number of carbonyl (C=O) groups excluding carboxylic acids is 2. The molecule has 1 atom stereocenters. The standard InChI is InChI=1S/C27H37N2O5/c1-7-8-15-24(28-26(31)34-27(2,3)4)25(30)29(18-20-11-9-13-22(16-20)32-5)19-21-12-10-14-23(17-21)33-6/h9-14,16-17,24H,1,7-8,15,18-19H2,2-6H3,(H,28,31)/t24-/m0/s1. The van der Waals surface area contributed by atoms with Gasteiger partial charge in [-0.15, -0.1) is 0 Å². The summed E-state index contributed by atoms with van der Waals surface area (Å²) in [6.45, 7) is 9.95. The molecule has 2 aromatic rings. The second kappa shape index (κ2) is 12.9. The highest BCUT2D eigenvalue weighted by molar-refractivity contribution is 5.85. The van der Waals surface area contributed by atoms with E-state index in [1.807, 2.05) is 48.5 Å². The number of carbonyl (C=O) groups is 2. The van der Waals surface area contributed by atoms with Crippen molar-refractivity contribution in [1.82, 2.24) is 10.2 Å². The number of unbranched alkanes of at least 4 members (excludes halogenated alkanes) is 1. The first-order chi connectivity index (χ1) is 16.1. The summed E-state index contributed by atoms with van der Waals surface area (Å²) in [7, 11) is 3.22. The SMILES string of the molecule is [CH2]CCC[C@H](NC(=O)OC(C)(C)C)C(=O)N(Cc1cccc(OC)c1)Cc1cccc(OC)c1. The minimum absolute atomic E-state index is 0.190. The molecule has 0 aliphatic heterocycles. The fourth-order valence-corrected chi connectivity index (χ4v) is 3.47. The van der Waals surface area contributed by atoms with Gasteiger partial charge in [-0.05, 0) is 62.6 Å². The molecule has 0 unspecified atom stereocenters. The zero-order chi connectivity index (χ0) is 25.1. The maximum Gasteiger partial charge on any atom is 0.408 e. The van der Waals surface area contributed by atoms with Crippen molar-refractivity contribution in [3.05, 3.63) is 66.6 Å². The molecule has 34 heavy (non-hydrogen) atoms. The van der Waals surface area contributed by atoms with E-state index < -0.39 is 17.7 Å². The molecule has 0 spiro atoms. The summed E-state index contributed by atoms with van der Waals surface area (Å²) < 4.78 is 16.1. The second-order valence-corrected chi connectivity index (χ2v) is 9.09. The first-order valence-electron chi connectivity index (χ1n) is 11.5. The van der Waals surface area contributed by atoms with Gasteiger partial charge in [-0.1, -0.05) is 44.0 Å². The molecular formula is C27H37N2O5. The second-order valence-electron chi connectivity index (χ2n) is 9.09. The van der Waals surface area contributed by atoms with E-state index in [9.17, 15) is 9.59 Å². The Morgan fingerprint density at radius 3 is 1.94 bits per heavy atom. The number of alkyl carbamates (subject to hydrolysis) is 1. The van der Waals surface area contributed by atoms with Crippen molar-refractivity contribution >= 4 is 12.0 Å². The molecule has 2 amide bonds. The Bertz CT molecular complexity index is 889. The quantitative estimate of drug-likeness (QED) is 0.494. The molecular weight excluding hydrogens is 432 g/mol. The molecule has 0 bridgehead atoms. The summed E-state index contributed by atoms with van der Waals surface area (Å²) >= 11 is 0. The van der Waals surface area contributed by atoms with Gasteiger partial charge in [-0.3, -0.25) is 4.79 Å². The Balaban J connectivity index is 2.32. The van der Waals surface area contributed by atoms with Crippen LogP contribution in [-0.4, -0.2) is 42.8 Å². The monoisotopic (exact) mass is 469 g/mol. The van der Waals surface area contributed by atoms with E-state index in [2.05, 4.69) is 12.2 Å². The largest absolute Gasteiger partial charge is 0.497 e. The predicted molar refractivity (Wildman–Crippen MR) is 133 cm³/mol. The fraction of sp³-hybridized carbons (Fsp3) is 0.444. The Labute approximate surface area is 203 Å². The van der Waals surface area contributed by atoms with E-state index in [4.69, 9.17) is 14.2 Å². The maximum absolute atomic E-state index is 13.7. The van der Waals surface area contributed by atoms with Crippen LogP contribution >= 0.6 is 0 Å². The molecule has 0 saturated carbocycles. The number of hydrogen-bond acceptors (Lipinski definition) is 5. The summed E-state index contributed by atoms with van der Waals surface area (Å²) in [5, 5.41) is 2.78. The number of methoxy groups -OCH3 is 2. The highest BCUT2D eigenvalue weighted by atomic mass is 16.6. The molecule has 185 valence electrons. The third kappa shape index (κ3) is 8.96. The van der Waals surface area contributed by atoms with Gasteiger partial charge in [0.25, 0.3) is 0 Å². The first-order valence-corrected chi connectivity index (χ1v) is 11.5. The summed E-state index contributed by atoms with van der Waals surface area (Å²) in [6, 6.07) is 14.5. The molecule has 7 heteroatoms. The molecule has 0 fully saturated rings. The molecule has 0 aliphatic rings. The third-order valence-corrected chi connectivity index (χ3v) is 5.06. The van der Waals surface area contributed by atoms with Crippen LogP contribution in [0.25, 0.3) is 0 Å². The van der Waals surface area contributed by atoms with E-state index in [0.29, 0.717) is 43.9 Å². The van der Waals surface area contributed by atoms with Crippen molar-refractivity contribution in [2.45, 2.75) is 64.8 Å². The topological polar surface area (TPSA) is 77.1 Å². The van der Waals surface area contributed by atoms with Gasteiger partial charge in [0.05, 0.1) is 14.2 Å². The summed E-state index contributed by atoms with van der Waals surface area (Å²) in [5.74, 6) is 1.24. The first kappa shape index (κ1) is 27.0. The van der Waals surface area contributed by atoms with Gasteiger partial charge in [-0.25, -0.2) is 4.79 Å². The van der Waals surface area contributed by atoms with Crippen LogP contribution in [0, 0.1) is 6.92 Å².